The molecule has 12 aromatic carbocycles. The molecule has 15 rings (SSSR count). The van der Waals surface area contributed by atoms with Crippen LogP contribution in [0.5, 0.6) is 0 Å². The van der Waals surface area contributed by atoms with E-state index in [4.69, 9.17) is 32.7 Å². The van der Waals surface area contributed by atoms with Crippen LogP contribution in [0.25, 0.3) is 27.1 Å². The maximum absolute atomic E-state index is 13.1. The molecule has 3 aliphatic heterocycles. The maximum Gasteiger partial charge on any atom is 0.488 e. The molecule has 0 radical (unpaired) electrons. The van der Waals surface area contributed by atoms with E-state index in [2.05, 4.69) is 58.7 Å². The van der Waals surface area contributed by atoms with E-state index in [0.717, 1.165) is 43.4 Å². The van der Waals surface area contributed by atoms with Crippen molar-refractivity contribution in [3.63, 3.8) is 0 Å². The lowest BCUT2D eigenvalue weighted by atomic mass is 9.80. The summed E-state index contributed by atoms with van der Waals surface area (Å²) < 4.78 is 79.4. The zero-order chi connectivity index (χ0) is 83.0. The summed E-state index contributed by atoms with van der Waals surface area (Å²) in [7, 11) is -13.2. The summed E-state index contributed by atoms with van der Waals surface area (Å²) in [6.45, 7) is 9.38. The second-order valence-electron chi connectivity index (χ2n) is 25.6. The zero-order valence-electron chi connectivity index (χ0n) is 61.1. The maximum atomic E-state index is 13.1. The molecule has 0 aromatic heterocycles. The molecule has 116 heavy (non-hydrogen) atoms. The van der Waals surface area contributed by atoms with E-state index >= 15 is 0 Å². The first-order chi connectivity index (χ1) is 55.6. The number of amides is 7. The fraction of sp³-hybridized carbons (Fsp3) is 0.0581. The fourth-order valence-corrected chi connectivity index (χ4v) is 17.0. The van der Waals surface area contributed by atoms with Gasteiger partial charge < -0.3 is 52.8 Å². The molecule has 0 unspecified atom stereocenters. The Labute approximate surface area is 675 Å². The molecule has 0 saturated carbocycles. The van der Waals surface area contributed by atoms with Crippen molar-refractivity contribution in [2.75, 3.05) is 22.6 Å². The molecule has 0 aliphatic carbocycles. The first kappa shape index (κ1) is 83.1. The Morgan fingerprint density at radius 1 is 0.440 bits per heavy atom. The number of sulfone groups is 3. The highest BCUT2D eigenvalue weighted by Gasteiger charge is 2.35. The Morgan fingerprint density at radius 3 is 1.03 bits per heavy atom. The number of hydrogen-bond donors (Lipinski definition) is 10. The molecule has 0 bridgehead atoms. The number of fused-ring (bicyclic) bond motifs is 6. The van der Waals surface area contributed by atoms with Crippen molar-refractivity contribution in [1.29, 1.82) is 5.26 Å². The van der Waals surface area contributed by atoms with Crippen LogP contribution in [0.1, 0.15) is 102 Å². The molecule has 0 spiro atoms. The second kappa shape index (κ2) is 36.8. The number of anilines is 3. The number of carbonyl (C=O) groups excluding carboxylic acids is 7. The van der Waals surface area contributed by atoms with Crippen LogP contribution in [-0.2, 0) is 49.1 Å². The zero-order valence-corrected chi connectivity index (χ0v) is 65.1. The predicted molar refractivity (Wildman–Crippen MR) is 439 cm³/mol. The molecule has 30 heteroatoms. The number of nitrogens with zero attached hydrogens (tertiary/aromatic N) is 2. The number of nitriles is 1. The minimum atomic E-state index is -3.94. The number of halogens is 1. The van der Waals surface area contributed by atoms with Crippen molar-refractivity contribution in [3.05, 3.63) is 350 Å². The molecular formula is C86H67BBrN9O16S3. The largest absolute Gasteiger partial charge is 0.488 e. The predicted octanol–water partition coefficient (Wildman–Crippen LogP) is 12.0. The standard InChI is InChI=1S/C28H21N3O5S.C28H19N3O4S.C21H15BrN2O4S.C7H6BNO2.C2H6O/c29-26(32)20-11-9-19(10-12-20)18-7-5-17(6-8-18)16-30-27(33)21-13-14-25-23(15-21)31-28(34)22-3-1-2-4-24(22)37(25,35)36;29-16-18-5-9-20(10-6-18)21-11-7-19(8-12-21)17-30-27(32)22-13-14-26-24(15-22)31-28(33)23-3-1-2-4-25(23)36(26,34)35;22-15-8-5-13(6-9-15)12-23-20(25)14-7-10-19-17(11-14)24-21(26)16-3-1-2-4-18(16)29(19,27)28;1-9-7-4-2-6(3-5-7)8(10)11;1-2-3/h1-15H,16H2,(H2,29,32)(H,30,33)(H,31,34);1-15H,17H2,(H,30,32)(H,31,33);1-11H,12H2,(H,23,25)(H,24,26);2-5,10-11H;3H,2H2,1H3. The number of hydrogen-bond acceptors (Lipinski definition) is 17. The number of aliphatic hydroxyl groups is 1. The second-order valence-corrected chi connectivity index (χ2v) is 32.2. The highest BCUT2D eigenvalue weighted by atomic mass is 79.9. The van der Waals surface area contributed by atoms with Gasteiger partial charge in [-0.15, -0.1) is 0 Å². The summed E-state index contributed by atoms with van der Waals surface area (Å²) in [4.78, 5) is 89.9. The molecular weight excluding hydrogens is 1600 g/mol. The number of rotatable bonds is 13. The van der Waals surface area contributed by atoms with E-state index in [1.54, 1.807) is 79.7 Å². The highest BCUT2D eigenvalue weighted by molar-refractivity contribution is 9.10. The third kappa shape index (κ3) is 19.4. The van der Waals surface area contributed by atoms with Gasteiger partial charge in [0.1, 0.15) is 0 Å². The molecule has 0 saturated heterocycles. The lowest BCUT2D eigenvalue weighted by Crippen LogP contribution is -2.29. The summed E-state index contributed by atoms with van der Waals surface area (Å²) in [6, 6.07) is 75.6. The fourth-order valence-electron chi connectivity index (χ4n) is 12.0. The minimum Gasteiger partial charge on any atom is -0.423 e. The molecule has 25 nitrogen and oxygen atoms in total. The number of benzene rings is 12. The van der Waals surface area contributed by atoms with Crippen LogP contribution in [-0.4, -0.2) is 95.5 Å². The van der Waals surface area contributed by atoms with Crippen molar-refractivity contribution in [1.82, 2.24) is 16.0 Å². The van der Waals surface area contributed by atoms with Crippen LogP contribution in [0, 0.1) is 17.9 Å². The van der Waals surface area contributed by atoms with Crippen LogP contribution >= 0.6 is 15.9 Å². The number of nitrogens with two attached hydrogens (primary N) is 1. The lowest BCUT2D eigenvalue weighted by molar-refractivity contribution is 0.0943. The Hall–Kier alpha value is -13.8. The van der Waals surface area contributed by atoms with E-state index < -0.39 is 72.1 Å². The van der Waals surface area contributed by atoms with Crippen molar-refractivity contribution in [3.8, 4) is 28.3 Å². The van der Waals surface area contributed by atoms with E-state index in [-0.39, 0.29) is 105 Å². The third-order valence-electron chi connectivity index (χ3n) is 18.0. The molecule has 7 amide bonds. The van der Waals surface area contributed by atoms with Gasteiger partial charge in [0.05, 0.1) is 81.3 Å². The van der Waals surface area contributed by atoms with Crippen molar-refractivity contribution < 1.29 is 74.0 Å². The van der Waals surface area contributed by atoms with Gasteiger partial charge in [-0.3, -0.25) is 33.6 Å². The van der Waals surface area contributed by atoms with Gasteiger partial charge in [0.2, 0.25) is 35.4 Å². The Kier molecular flexibility index (Phi) is 26.4. The summed E-state index contributed by atoms with van der Waals surface area (Å²) in [5.74, 6) is -3.31. The molecule has 12 aromatic rings. The van der Waals surface area contributed by atoms with Gasteiger partial charge in [0.25, 0.3) is 35.4 Å². The van der Waals surface area contributed by atoms with Crippen LogP contribution in [0.4, 0.5) is 22.7 Å². The van der Waals surface area contributed by atoms with Crippen LogP contribution in [0.15, 0.2) is 307 Å². The number of primary amides is 1. The number of carbonyl (C=O) groups is 7. The average Bonchev–Trinajstić information content (AvgIpc) is 1.60. The van der Waals surface area contributed by atoms with Gasteiger partial charge in [0.15, 0.2) is 5.69 Å². The van der Waals surface area contributed by atoms with E-state index in [1.165, 1.54) is 103 Å². The van der Waals surface area contributed by atoms with Gasteiger partial charge >= 0.3 is 7.12 Å². The first-order valence-electron chi connectivity index (χ1n) is 35.1. The summed E-state index contributed by atoms with van der Waals surface area (Å²) >= 11 is 3.36. The van der Waals surface area contributed by atoms with Crippen molar-refractivity contribution >= 4 is 122 Å². The normalized spacial score (nSPS) is 13.0. The topological polar surface area (TPSA) is 409 Å². The summed E-state index contributed by atoms with van der Waals surface area (Å²) in [6.07, 6.45) is 0. The van der Waals surface area contributed by atoms with Gasteiger partial charge in [-0.05, 0) is 179 Å². The number of aliphatic hydroxyl groups excluding tert-OH is 1. The van der Waals surface area contributed by atoms with Crippen LogP contribution in [0.3, 0.4) is 0 Å². The molecule has 580 valence electrons. The smallest absolute Gasteiger partial charge is 0.423 e. The summed E-state index contributed by atoms with van der Waals surface area (Å²) in [5, 5.41) is 50.1. The molecule has 0 fully saturated rings. The van der Waals surface area contributed by atoms with Crippen LogP contribution in [0.2, 0.25) is 0 Å². The Morgan fingerprint density at radius 2 is 0.733 bits per heavy atom. The lowest BCUT2D eigenvalue weighted by Gasteiger charge is -2.11. The monoisotopic (exact) mass is 1670 g/mol. The SMILES string of the molecule is CCO.N#Cc1ccc(-c2ccc(CNC(=O)c3ccc4c(c3)NC(=O)c3ccccc3S4(=O)=O)cc2)cc1.NC(=O)c1ccc(-c2ccc(CNC(=O)c3ccc4c(c3)NC(=O)c3ccccc3S4(=O)=O)cc2)cc1.O=C(NCc1ccc(Br)cc1)c1ccc2c(c1)NC(=O)c1ccccc1S2(=O)=O.[C-]#[N+]c1ccc(B(O)O)cc1. The van der Waals surface area contributed by atoms with E-state index in [0.29, 0.717) is 28.8 Å². The average molecular weight is 1670 g/mol. The number of nitrogens with one attached hydrogen (secondary N) is 6. The van der Waals surface area contributed by atoms with Gasteiger partial charge in [-0.1, -0.05) is 162 Å². The van der Waals surface area contributed by atoms with Crippen molar-refractivity contribution in [2.45, 2.75) is 55.9 Å². The van der Waals surface area contributed by atoms with Crippen molar-refractivity contribution in [2.24, 2.45) is 5.73 Å². The van der Waals surface area contributed by atoms with Gasteiger partial charge in [-0.2, -0.15) is 5.26 Å². The van der Waals surface area contributed by atoms with Gasteiger partial charge in [-0.25, -0.2) is 30.1 Å². The van der Waals surface area contributed by atoms with Crippen LogP contribution < -0.4 is 43.1 Å². The van der Waals surface area contributed by atoms with E-state index in [9.17, 15) is 58.8 Å². The quantitative estimate of drug-likeness (QED) is 0.0379. The molecule has 3 aliphatic rings. The Bertz CT molecular complexity index is 6270. The summed E-state index contributed by atoms with van der Waals surface area (Å²) in [5.41, 5.74) is 14.8. The minimum absolute atomic E-state index is 0.0414. The Balaban J connectivity index is 0.000000158. The molecule has 3 heterocycles. The highest BCUT2D eigenvalue weighted by Crippen LogP contribution is 2.38. The van der Waals surface area contributed by atoms with Gasteiger partial charge in [0, 0.05) is 53.0 Å². The molecule has 0 atom stereocenters. The third-order valence-corrected chi connectivity index (χ3v) is 24.1. The molecule has 11 N–H and O–H groups in total. The first-order valence-corrected chi connectivity index (χ1v) is 40.4. The van der Waals surface area contributed by atoms with E-state index in [1.807, 2.05) is 97.1 Å².